The molecule has 25 heavy (non-hydrogen) atoms. The molecule has 4 nitrogen and oxygen atoms in total. The van der Waals surface area contributed by atoms with Crippen molar-refractivity contribution in [1.29, 1.82) is 0 Å². The second kappa shape index (κ2) is 6.61. The zero-order chi connectivity index (χ0) is 17.2. The molecule has 0 aliphatic carbocycles. The summed E-state index contributed by atoms with van der Waals surface area (Å²) in [5.41, 5.74) is 4.15. The van der Waals surface area contributed by atoms with Gasteiger partial charge in [-0.3, -0.25) is 9.36 Å². The highest BCUT2D eigenvalue weighted by atomic mass is 32.2. The van der Waals surface area contributed by atoms with Gasteiger partial charge >= 0.3 is 0 Å². The molecule has 2 heterocycles. The van der Waals surface area contributed by atoms with Crippen molar-refractivity contribution in [3.63, 3.8) is 0 Å². The Morgan fingerprint density at radius 1 is 1.04 bits per heavy atom. The zero-order valence-electron chi connectivity index (χ0n) is 13.8. The average Bonchev–Trinajstić information content (AvgIpc) is 3.02. The maximum absolute atomic E-state index is 13.1. The molecule has 0 saturated carbocycles. The van der Waals surface area contributed by atoms with Gasteiger partial charge in [0.25, 0.3) is 5.56 Å². The minimum Gasteiger partial charge on any atom is -0.353 e. The van der Waals surface area contributed by atoms with Gasteiger partial charge in [-0.05, 0) is 30.7 Å². The molecule has 4 rings (SSSR count). The third-order valence-electron chi connectivity index (χ3n) is 3.98. The van der Waals surface area contributed by atoms with E-state index in [1.807, 2.05) is 61.5 Å². The number of aromatic amines is 1. The normalized spacial score (nSPS) is 11.1. The number of nitrogens with zero attached hydrogens (tertiary/aromatic N) is 2. The fourth-order valence-electron chi connectivity index (χ4n) is 2.80. The summed E-state index contributed by atoms with van der Waals surface area (Å²) in [6.07, 6.45) is 0. The largest absolute Gasteiger partial charge is 0.353 e. The van der Waals surface area contributed by atoms with Crippen molar-refractivity contribution in [3.8, 4) is 5.69 Å². The van der Waals surface area contributed by atoms with Gasteiger partial charge in [0.1, 0.15) is 5.52 Å². The molecule has 0 spiro atoms. The molecule has 0 aliphatic rings. The Bertz CT molecular complexity index is 1070. The van der Waals surface area contributed by atoms with Gasteiger partial charge in [0.05, 0.1) is 11.2 Å². The SMILES string of the molecule is Cc1cc2nc(SCc3ccccc3)n(-c3ccccc3)c(=O)c2[nH]1. The van der Waals surface area contributed by atoms with Gasteiger partial charge in [0, 0.05) is 11.4 Å². The van der Waals surface area contributed by atoms with E-state index in [0.29, 0.717) is 16.2 Å². The van der Waals surface area contributed by atoms with E-state index < -0.39 is 0 Å². The number of aromatic nitrogens is 3. The molecule has 2 aromatic heterocycles. The molecule has 0 bridgehead atoms. The Morgan fingerprint density at radius 3 is 2.44 bits per heavy atom. The van der Waals surface area contributed by atoms with Crippen LogP contribution in [0.1, 0.15) is 11.3 Å². The lowest BCUT2D eigenvalue weighted by molar-refractivity contribution is 0.818. The minimum atomic E-state index is -0.0696. The number of hydrogen-bond acceptors (Lipinski definition) is 3. The Labute approximate surface area is 149 Å². The molecule has 0 atom stereocenters. The van der Waals surface area contributed by atoms with E-state index in [0.717, 1.165) is 17.1 Å². The highest BCUT2D eigenvalue weighted by Crippen LogP contribution is 2.24. The van der Waals surface area contributed by atoms with Crippen molar-refractivity contribution in [2.45, 2.75) is 17.8 Å². The highest BCUT2D eigenvalue weighted by molar-refractivity contribution is 7.98. The van der Waals surface area contributed by atoms with Gasteiger partial charge in [0.2, 0.25) is 0 Å². The molecule has 0 unspecified atom stereocenters. The first-order valence-electron chi connectivity index (χ1n) is 8.07. The summed E-state index contributed by atoms with van der Waals surface area (Å²) in [6, 6.07) is 21.8. The van der Waals surface area contributed by atoms with Gasteiger partial charge in [-0.2, -0.15) is 0 Å². The highest BCUT2D eigenvalue weighted by Gasteiger charge is 2.15. The van der Waals surface area contributed by atoms with Crippen LogP contribution in [0.4, 0.5) is 0 Å². The fourth-order valence-corrected chi connectivity index (χ4v) is 3.77. The number of thioether (sulfide) groups is 1. The summed E-state index contributed by atoms with van der Waals surface area (Å²) in [6.45, 7) is 1.94. The van der Waals surface area contributed by atoms with Crippen LogP contribution in [-0.2, 0) is 5.75 Å². The van der Waals surface area contributed by atoms with Gasteiger partial charge < -0.3 is 4.98 Å². The molecular formula is C20H17N3OS. The van der Waals surface area contributed by atoms with E-state index in [1.54, 1.807) is 16.3 Å². The number of nitrogens with one attached hydrogen (secondary N) is 1. The fraction of sp³-hybridized carbons (Fsp3) is 0.100. The van der Waals surface area contributed by atoms with Crippen molar-refractivity contribution in [1.82, 2.24) is 14.5 Å². The number of fused-ring (bicyclic) bond motifs is 1. The lowest BCUT2D eigenvalue weighted by atomic mass is 10.2. The van der Waals surface area contributed by atoms with Crippen molar-refractivity contribution in [2.75, 3.05) is 0 Å². The molecule has 1 N–H and O–H groups in total. The summed E-state index contributed by atoms with van der Waals surface area (Å²) in [4.78, 5) is 20.9. The molecule has 0 radical (unpaired) electrons. The van der Waals surface area contributed by atoms with E-state index in [2.05, 4.69) is 17.1 Å². The number of H-pyrrole nitrogens is 1. The Hall–Kier alpha value is -2.79. The average molecular weight is 347 g/mol. The van der Waals surface area contributed by atoms with Gasteiger partial charge in [-0.15, -0.1) is 0 Å². The van der Waals surface area contributed by atoms with Crippen molar-refractivity contribution in [2.24, 2.45) is 0 Å². The third kappa shape index (κ3) is 3.10. The summed E-state index contributed by atoms with van der Waals surface area (Å²) < 4.78 is 1.69. The Morgan fingerprint density at radius 2 is 1.72 bits per heavy atom. The monoisotopic (exact) mass is 347 g/mol. The van der Waals surface area contributed by atoms with Crippen molar-refractivity contribution < 1.29 is 0 Å². The first-order chi connectivity index (χ1) is 12.2. The summed E-state index contributed by atoms with van der Waals surface area (Å²) in [7, 11) is 0. The minimum absolute atomic E-state index is 0.0696. The number of para-hydroxylation sites is 1. The quantitative estimate of drug-likeness (QED) is 0.442. The molecule has 0 amide bonds. The van der Waals surface area contributed by atoms with Crippen LogP contribution >= 0.6 is 11.8 Å². The third-order valence-corrected chi connectivity index (χ3v) is 4.99. The van der Waals surface area contributed by atoms with Crippen LogP contribution in [0.2, 0.25) is 0 Å². The smallest absolute Gasteiger partial charge is 0.283 e. The van der Waals surface area contributed by atoms with Crippen LogP contribution in [0, 0.1) is 6.92 Å². The van der Waals surface area contributed by atoms with Crippen molar-refractivity contribution in [3.05, 3.63) is 88.3 Å². The first kappa shape index (κ1) is 15.7. The first-order valence-corrected chi connectivity index (χ1v) is 9.05. The van der Waals surface area contributed by atoms with Gasteiger partial charge in [0.15, 0.2) is 5.16 Å². The molecule has 0 saturated heterocycles. The van der Waals surface area contributed by atoms with Crippen molar-refractivity contribution >= 4 is 22.8 Å². The molecule has 124 valence electrons. The molecular weight excluding hydrogens is 330 g/mol. The lowest BCUT2D eigenvalue weighted by Crippen LogP contribution is -2.21. The van der Waals surface area contributed by atoms with Crippen LogP contribution in [0.25, 0.3) is 16.7 Å². The predicted octanol–water partition coefficient (Wildman–Crippen LogP) is 4.31. The second-order valence-electron chi connectivity index (χ2n) is 5.86. The molecule has 0 aliphatic heterocycles. The molecule has 2 aromatic carbocycles. The molecule has 4 aromatic rings. The lowest BCUT2D eigenvalue weighted by Gasteiger charge is -2.12. The van der Waals surface area contributed by atoms with E-state index in [-0.39, 0.29) is 5.56 Å². The standard InChI is InChI=1S/C20H17N3OS/c1-14-12-17-18(21-14)19(24)23(16-10-6-3-7-11-16)20(22-17)25-13-15-8-4-2-5-9-15/h2-12,21H,13H2,1H3. The zero-order valence-corrected chi connectivity index (χ0v) is 14.6. The molecule has 0 fully saturated rings. The van der Waals surface area contributed by atoms with Gasteiger partial charge in [-0.1, -0.05) is 60.3 Å². The van der Waals surface area contributed by atoms with Crippen LogP contribution < -0.4 is 5.56 Å². The molecule has 5 heteroatoms. The van der Waals surface area contributed by atoms with E-state index in [9.17, 15) is 4.79 Å². The maximum atomic E-state index is 13.1. The number of benzene rings is 2. The summed E-state index contributed by atoms with van der Waals surface area (Å²) >= 11 is 1.57. The van der Waals surface area contributed by atoms with E-state index in [4.69, 9.17) is 4.98 Å². The predicted molar refractivity (Wildman–Crippen MR) is 102 cm³/mol. The van der Waals surface area contributed by atoms with Crippen LogP contribution in [0.15, 0.2) is 76.7 Å². The maximum Gasteiger partial charge on any atom is 0.283 e. The van der Waals surface area contributed by atoms with Crippen LogP contribution in [-0.4, -0.2) is 14.5 Å². The summed E-state index contributed by atoms with van der Waals surface area (Å²) in [5, 5.41) is 0.701. The Balaban J connectivity index is 1.84. The number of rotatable bonds is 4. The van der Waals surface area contributed by atoms with E-state index >= 15 is 0 Å². The number of aryl methyl sites for hydroxylation is 1. The van der Waals surface area contributed by atoms with E-state index in [1.165, 1.54) is 5.56 Å². The van der Waals surface area contributed by atoms with Crippen LogP contribution in [0.3, 0.4) is 0 Å². The summed E-state index contributed by atoms with van der Waals surface area (Å²) in [5.74, 6) is 0.759. The Kier molecular flexibility index (Phi) is 4.15. The number of hydrogen-bond donors (Lipinski definition) is 1. The topological polar surface area (TPSA) is 50.7 Å². The second-order valence-corrected chi connectivity index (χ2v) is 6.80. The van der Waals surface area contributed by atoms with Crippen LogP contribution in [0.5, 0.6) is 0 Å². The van der Waals surface area contributed by atoms with Gasteiger partial charge in [-0.25, -0.2) is 4.98 Å².